The van der Waals surface area contributed by atoms with Crippen molar-refractivity contribution in [2.75, 3.05) is 11.9 Å². The second-order valence-electron chi connectivity index (χ2n) is 3.21. The van der Waals surface area contributed by atoms with Crippen LogP contribution in [0.1, 0.15) is 5.56 Å². The molecule has 0 unspecified atom stereocenters. The number of rotatable bonds is 0. The smallest absolute Gasteiger partial charge is 0.128 e. The summed E-state index contributed by atoms with van der Waals surface area (Å²) in [7, 11) is 1.89. The Bertz CT molecular complexity index is 437. The van der Waals surface area contributed by atoms with E-state index in [1.54, 1.807) is 12.1 Å². The van der Waals surface area contributed by atoms with Gasteiger partial charge in [0.15, 0.2) is 0 Å². The summed E-state index contributed by atoms with van der Waals surface area (Å²) in [6.45, 7) is 3.82. The first-order chi connectivity index (χ1) is 6.61. The summed E-state index contributed by atoms with van der Waals surface area (Å²) in [5, 5.41) is 10.3. The van der Waals surface area contributed by atoms with Crippen molar-refractivity contribution >= 4 is 23.0 Å². The zero-order valence-corrected chi connectivity index (χ0v) is 8.54. The number of hydrogen-bond donors (Lipinski definition) is 1. The number of aliphatic hydroxyl groups is 1. The van der Waals surface area contributed by atoms with Gasteiger partial charge in [0.2, 0.25) is 0 Å². The highest BCUT2D eigenvalue weighted by molar-refractivity contribution is 6.32. The fourth-order valence-corrected chi connectivity index (χ4v) is 1.79. The third-order valence-electron chi connectivity index (χ3n) is 2.34. The minimum Gasteiger partial charge on any atom is -0.507 e. The maximum Gasteiger partial charge on any atom is 0.128 e. The van der Waals surface area contributed by atoms with Crippen molar-refractivity contribution in [3.63, 3.8) is 0 Å². The number of benzene rings is 1. The van der Waals surface area contributed by atoms with Gasteiger partial charge in [0.1, 0.15) is 5.76 Å². The van der Waals surface area contributed by atoms with E-state index in [2.05, 4.69) is 6.58 Å². The van der Waals surface area contributed by atoms with Crippen LogP contribution >= 0.6 is 11.6 Å². The molecule has 1 aliphatic heterocycles. The third-order valence-corrected chi connectivity index (χ3v) is 2.66. The molecule has 72 valence electrons. The lowest BCUT2D eigenvalue weighted by molar-refractivity contribution is 0.510. The molecule has 1 heterocycles. The summed E-state index contributed by atoms with van der Waals surface area (Å²) in [5.74, 6) is 0.175. The molecule has 0 fully saturated rings. The van der Waals surface area contributed by atoms with Crippen LogP contribution in [-0.4, -0.2) is 12.2 Å². The first kappa shape index (κ1) is 9.16. The van der Waals surface area contributed by atoms with Crippen LogP contribution in [0.3, 0.4) is 0 Å². The average Bonchev–Trinajstić information content (AvgIpc) is 2.14. The summed E-state index contributed by atoms with van der Waals surface area (Å²) in [6, 6.07) is 5.51. The standard InChI is InChI=1S/C11H10ClNO/c1-7-6-10(14)11-8(12)4-3-5-9(11)13(7)2/h3-6,14H,1H2,2H3. The summed E-state index contributed by atoms with van der Waals surface area (Å²) in [5.41, 5.74) is 2.30. The lowest BCUT2D eigenvalue weighted by Crippen LogP contribution is -2.19. The summed E-state index contributed by atoms with van der Waals surface area (Å²) < 4.78 is 0. The molecule has 1 aliphatic rings. The quantitative estimate of drug-likeness (QED) is 0.706. The topological polar surface area (TPSA) is 23.5 Å². The van der Waals surface area contributed by atoms with E-state index in [4.69, 9.17) is 11.6 Å². The van der Waals surface area contributed by atoms with E-state index >= 15 is 0 Å². The monoisotopic (exact) mass is 207 g/mol. The van der Waals surface area contributed by atoms with Crippen molar-refractivity contribution in [1.29, 1.82) is 0 Å². The molecule has 1 N–H and O–H groups in total. The maximum atomic E-state index is 9.72. The molecule has 0 amide bonds. The fourth-order valence-electron chi connectivity index (χ4n) is 1.53. The van der Waals surface area contributed by atoms with Crippen molar-refractivity contribution < 1.29 is 5.11 Å². The molecule has 0 aliphatic carbocycles. The van der Waals surface area contributed by atoms with Crippen LogP contribution in [0.2, 0.25) is 5.02 Å². The van der Waals surface area contributed by atoms with Crippen LogP contribution in [0.4, 0.5) is 5.69 Å². The number of hydrogen-bond acceptors (Lipinski definition) is 2. The predicted molar refractivity (Wildman–Crippen MR) is 59.6 cm³/mol. The molecule has 0 saturated carbocycles. The molecule has 2 rings (SSSR count). The van der Waals surface area contributed by atoms with Crippen LogP contribution in [0.15, 0.2) is 36.6 Å². The SMILES string of the molecule is C=C1C=C(O)c2c(Cl)cccc2N1C. The molecule has 1 aromatic carbocycles. The lowest BCUT2D eigenvalue weighted by atomic mass is 10.1. The molecule has 0 spiro atoms. The largest absolute Gasteiger partial charge is 0.507 e. The van der Waals surface area contributed by atoms with Crippen molar-refractivity contribution in [2.24, 2.45) is 0 Å². The van der Waals surface area contributed by atoms with Gasteiger partial charge < -0.3 is 10.0 Å². The Morgan fingerprint density at radius 3 is 2.86 bits per heavy atom. The van der Waals surface area contributed by atoms with E-state index in [0.717, 1.165) is 11.4 Å². The Balaban J connectivity index is 2.72. The molecule has 2 nitrogen and oxygen atoms in total. The normalized spacial score (nSPS) is 15.1. The molecular formula is C11H10ClNO. The summed E-state index contributed by atoms with van der Waals surface area (Å²) in [6.07, 6.45) is 1.61. The zero-order valence-electron chi connectivity index (χ0n) is 7.79. The van der Waals surface area contributed by atoms with E-state index in [1.165, 1.54) is 0 Å². The Hall–Kier alpha value is -1.41. The fraction of sp³-hybridized carbons (Fsp3) is 0.0909. The Morgan fingerprint density at radius 1 is 1.43 bits per heavy atom. The third kappa shape index (κ3) is 1.19. The van der Waals surface area contributed by atoms with Gasteiger partial charge in [-0.1, -0.05) is 24.2 Å². The number of allylic oxidation sites excluding steroid dienone is 1. The van der Waals surface area contributed by atoms with E-state index < -0.39 is 0 Å². The van der Waals surface area contributed by atoms with Crippen LogP contribution in [-0.2, 0) is 0 Å². The van der Waals surface area contributed by atoms with Gasteiger partial charge in [0.25, 0.3) is 0 Å². The van der Waals surface area contributed by atoms with Crippen molar-refractivity contribution in [3.8, 4) is 0 Å². The van der Waals surface area contributed by atoms with E-state index in [0.29, 0.717) is 10.6 Å². The molecule has 0 bridgehead atoms. The number of fused-ring (bicyclic) bond motifs is 1. The molecule has 0 saturated heterocycles. The minimum atomic E-state index is 0.175. The van der Waals surface area contributed by atoms with Crippen molar-refractivity contribution in [2.45, 2.75) is 0 Å². The van der Waals surface area contributed by atoms with E-state index in [9.17, 15) is 5.11 Å². The molecule has 14 heavy (non-hydrogen) atoms. The van der Waals surface area contributed by atoms with Crippen LogP contribution in [0.5, 0.6) is 0 Å². The van der Waals surface area contributed by atoms with Gasteiger partial charge in [-0.15, -0.1) is 0 Å². The maximum absolute atomic E-state index is 9.72. The highest BCUT2D eigenvalue weighted by Crippen LogP contribution is 2.37. The van der Waals surface area contributed by atoms with Crippen LogP contribution in [0, 0.1) is 0 Å². The van der Waals surface area contributed by atoms with Gasteiger partial charge in [0.05, 0.1) is 16.3 Å². The van der Waals surface area contributed by atoms with Gasteiger partial charge in [-0.3, -0.25) is 0 Å². The molecular weight excluding hydrogens is 198 g/mol. The highest BCUT2D eigenvalue weighted by atomic mass is 35.5. The van der Waals surface area contributed by atoms with Gasteiger partial charge in [0, 0.05) is 18.8 Å². The van der Waals surface area contributed by atoms with Gasteiger partial charge >= 0.3 is 0 Å². The van der Waals surface area contributed by atoms with Crippen LogP contribution in [0.25, 0.3) is 5.76 Å². The molecule has 1 aromatic rings. The average molecular weight is 208 g/mol. The summed E-state index contributed by atoms with van der Waals surface area (Å²) in [4.78, 5) is 1.89. The number of aliphatic hydroxyl groups excluding tert-OH is 1. The van der Waals surface area contributed by atoms with Gasteiger partial charge in [-0.2, -0.15) is 0 Å². The van der Waals surface area contributed by atoms with E-state index in [1.807, 2.05) is 24.1 Å². The van der Waals surface area contributed by atoms with Gasteiger partial charge in [-0.05, 0) is 12.1 Å². The Kier molecular flexibility index (Phi) is 2.01. The molecule has 0 radical (unpaired) electrons. The predicted octanol–water partition coefficient (Wildman–Crippen LogP) is 3.20. The minimum absolute atomic E-state index is 0.175. The number of likely N-dealkylation sites (N-methyl/N-ethyl adjacent to an activating group) is 1. The number of anilines is 1. The van der Waals surface area contributed by atoms with Crippen LogP contribution < -0.4 is 4.90 Å². The highest BCUT2D eigenvalue weighted by Gasteiger charge is 2.20. The Labute approximate surface area is 87.7 Å². The Morgan fingerprint density at radius 2 is 2.14 bits per heavy atom. The second kappa shape index (κ2) is 3.07. The lowest BCUT2D eigenvalue weighted by Gasteiger charge is -2.27. The molecule has 3 heteroatoms. The first-order valence-electron chi connectivity index (χ1n) is 4.23. The van der Waals surface area contributed by atoms with Crippen molar-refractivity contribution in [3.05, 3.63) is 47.1 Å². The molecule has 0 atom stereocenters. The number of nitrogens with zero attached hydrogens (tertiary/aromatic N) is 1. The zero-order chi connectivity index (χ0) is 10.3. The van der Waals surface area contributed by atoms with Gasteiger partial charge in [-0.25, -0.2) is 0 Å². The van der Waals surface area contributed by atoms with E-state index in [-0.39, 0.29) is 5.76 Å². The van der Waals surface area contributed by atoms with Crippen molar-refractivity contribution in [1.82, 2.24) is 0 Å². The molecule has 0 aromatic heterocycles. The number of halogens is 1. The summed E-state index contributed by atoms with van der Waals surface area (Å²) >= 11 is 5.99. The second-order valence-corrected chi connectivity index (χ2v) is 3.62. The first-order valence-corrected chi connectivity index (χ1v) is 4.61.